The Morgan fingerprint density at radius 3 is 2.58 bits per heavy atom. The Hall–Kier alpha value is -2.77. The molecule has 0 fully saturated rings. The average molecular weight is 336 g/mol. The summed E-state index contributed by atoms with van der Waals surface area (Å²) < 4.78 is 15.3. The maximum atomic E-state index is 12.2. The van der Waals surface area contributed by atoms with Crippen molar-refractivity contribution in [2.24, 2.45) is 0 Å². The summed E-state index contributed by atoms with van der Waals surface area (Å²) in [6, 6.07) is 0.672. The van der Waals surface area contributed by atoms with Gasteiger partial charge in [-0.2, -0.15) is 0 Å². The number of ether oxygens (including phenoxy) is 2. The first kappa shape index (κ1) is 17.6. The van der Waals surface area contributed by atoms with Gasteiger partial charge in [-0.1, -0.05) is 6.92 Å². The van der Waals surface area contributed by atoms with Gasteiger partial charge in [0.05, 0.1) is 30.2 Å². The fraction of sp³-hybridized carbons (Fsp3) is 0.438. The van der Waals surface area contributed by atoms with Crippen molar-refractivity contribution in [2.75, 3.05) is 13.2 Å². The number of hydrogen-bond donors (Lipinski definition) is 2. The summed E-state index contributed by atoms with van der Waals surface area (Å²) in [5.41, 5.74) is 1.10. The van der Waals surface area contributed by atoms with Crippen LogP contribution in [0.3, 0.4) is 0 Å². The fourth-order valence-electron chi connectivity index (χ4n) is 2.36. The molecule has 0 saturated carbocycles. The number of furan rings is 1. The maximum absolute atomic E-state index is 12.2. The van der Waals surface area contributed by atoms with Gasteiger partial charge in [0.15, 0.2) is 0 Å². The second-order valence-corrected chi connectivity index (χ2v) is 5.18. The second kappa shape index (κ2) is 7.67. The summed E-state index contributed by atoms with van der Waals surface area (Å²) in [6.45, 7) is 5.16. The first-order chi connectivity index (χ1) is 11.5. The minimum Gasteiger partial charge on any atom is -0.463 e. The number of rotatable bonds is 6. The van der Waals surface area contributed by atoms with Gasteiger partial charge in [-0.15, -0.1) is 0 Å². The molecule has 8 nitrogen and oxygen atoms in total. The molecule has 0 spiro atoms. The predicted octanol–water partition coefficient (Wildman–Crippen LogP) is 1.65. The van der Waals surface area contributed by atoms with Crippen LogP contribution in [0.25, 0.3) is 0 Å². The highest BCUT2D eigenvalue weighted by Gasteiger charge is 2.32. The topological polar surface area (TPSA) is 107 Å². The normalized spacial score (nSPS) is 17.1. The van der Waals surface area contributed by atoms with Crippen molar-refractivity contribution in [3.63, 3.8) is 0 Å². The van der Waals surface area contributed by atoms with Gasteiger partial charge in [0.1, 0.15) is 6.61 Å². The third-order valence-electron chi connectivity index (χ3n) is 3.54. The molecule has 1 aromatic heterocycles. The Balaban J connectivity index is 2.21. The van der Waals surface area contributed by atoms with E-state index in [9.17, 15) is 14.4 Å². The van der Waals surface area contributed by atoms with E-state index in [0.717, 1.165) is 0 Å². The lowest BCUT2D eigenvalue weighted by molar-refractivity contribution is -0.139. The molecule has 0 unspecified atom stereocenters. The lowest BCUT2D eigenvalue weighted by Gasteiger charge is -2.28. The molecule has 0 radical (unpaired) electrons. The highest BCUT2D eigenvalue weighted by Crippen LogP contribution is 2.18. The first-order valence-corrected chi connectivity index (χ1v) is 7.66. The molecular weight excluding hydrogens is 316 g/mol. The van der Waals surface area contributed by atoms with Crippen molar-refractivity contribution in [1.29, 1.82) is 0 Å². The van der Waals surface area contributed by atoms with Crippen LogP contribution in [-0.2, 0) is 14.3 Å². The molecular formula is C16H20N2O6. The number of urea groups is 1. The van der Waals surface area contributed by atoms with Crippen molar-refractivity contribution < 1.29 is 28.3 Å². The monoisotopic (exact) mass is 336 g/mol. The summed E-state index contributed by atoms with van der Waals surface area (Å²) >= 11 is 0. The van der Waals surface area contributed by atoms with Gasteiger partial charge in [0, 0.05) is 5.56 Å². The molecule has 1 aliphatic rings. The van der Waals surface area contributed by atoms with Crippen LogP contribution in [0.15, 0.2) is 28.0 Å². The van der Waals surface area contributed by atoms with Crippen LogP contribution in [0.5, 0.6) is 0 Å². The third kappa shape index (κ3) is 3.76. The van der Waals surface area contributed by atoms with Crippen LogP contribution in [-0.4, -0.2) is 37.2 Å². The van der Waals surface area contributed by atoms with Crippen LogP contribution in [0.1, 0.15) is 36.4 Å². The van der Waals surface area contributed by atoms with E-state index in [2.05, 4.69) is 10.6 Å². The van der Waals surface area contributed by atoms with Gasteiger partial charge < -0.3 is 24.5 Å². The molecule has 8 heteroatoms. The minimum atomic E-state index is -0.672. The zero-order valence-electron chi connectivity index (χ0n) is 13.8. The van der Waals surface area contributed by atoms with Crippen LogP contribution >= 0.6 is 0 Å². The van der Waals surface area contributed by atoms with E-state index in [1.807, 2.05) is 6.92 Å². The number of carbonyl (C=O) groups excluding carboxylic acids is 3. The predicted molar refractivity (Wildman–Crippen MR) is 83.1 cm³/mol. The molecule has 0 bridgehead atoms. The quantitative estimate of drug-likeness (QED) is 0.765. The zero-order valence-corrected chi connectivity index (χ0v) is 13.8. The standard InChI is InChI=1S/C16H20N2O6/c1-4-10-12(14(19)22-5-2)11(18-16(21)17-10)8-24-15(20)13-9(3)6-7-23-13/h6-7,10H,4-5,8H2,1-3H3,(H2,17,18,21)/t10-/m0/s1. The number of esters is 2. The second-order valence-electron chi connectivity index (χ2n) is 5.18. The third-order valence-corrected chi connectivity index (χ3v) is 3.54. The van der Waals surface area contributed by atoms with Crippen molar-refractivity contribution in [3.05, 3.63) is 34.9 Å². The van der Waals surface area contributed by atoms with Crippen LogP contribution in [0.4, 0.5) is 4.79 Å². The summed E-state index contributed by atoms with van der Waals surface area (Å²) in [7, 11) is 0. The van der Waals surface area contributed by atoms with Gasteiger partial charge in [0.25, 0.3) is 0 Å². The van der Waals surface area contributed by atoms with E-state index >= 15 is 0 Å². The molecule has 2 rings (SSSR count). The number of amides is 2. The molecule has 24 heavy (non-hydrogen) atoms. The fourth-order valence-corrected chi connectivity index (χ4v) is 2.36. The Labute approximate surface area is 139 Å². The summed E-state index contributed by atoms with van der Waals surface area (Å²) in [5, 5.41) is 5.15. The molecule has 0 aliphatic carbocycles. The lowest BCUT2D eigenvalue weighted by Crippen LogP contribution is -2.51. The highest BCUT2D eigenvalue weighted by molar-refractivity contribution is 5.95. The van der Waals surface area contributed by atoms with E-state index in [4.69, 9.17) is 13.9 Å². The Kier molecular flexibility index (Phi) is 5.62. The SMILES string of the molecule is CCOC(=O)C1=C(COC(=O)c2occc2C)NC(=O)N[C@H]1CC. The van der Waals surface area contributed by atoms with Gasteiger partial charge in [-0.05, 0) is 26.3 Å². The Morgan fingerprint density at radius 2 is 2.00 bits per heavy atom. The smallest absolute Gasteiger partial charge is 0.374 e. The van der Waals surface area contributed by atoms with Crippen molar-refractivity contribution in [1.82, 2.24) is 10.6 Å². The molecule has 2 heterocycles. The lowest BCUT2D eigenvalue weighted by atomic mass is 10.0. The Morgan fingerprint density at radius 1 is 1.25 bits per heavy atom. The average Bonchev–Trinajstić information content (AvgIpc) is 2.98. The summed E-state index contributed by atoms with van der Waals surface area (Å²) in [4.78, 5) is 35.9. The van der Waals surface area contributed by atoms with Gasteiger partial charge in [0.2, 0.25) is 5.76 Å². The Bertz CT molecular complexity index is 676. The number of aryl methyl sites for hydroxylation is 1. The molecule has 1 aromatic rings. The van der Waals surface area contributed by atoms with E-state index in [1.165, 1.54) is 6.26 Å². The molecule has 0 saturated heterocycles. The maximum Gasteiger partial charge on any atom is 0.374 e. The number of nitrogens with one attached hydrogen (secondary N) is 2. The van der Waals surface area contributed by atoms with Crippen LogP contribution in [0, 0.1) is 6.92 Å². The van der Waals surface area contributed by atoms with Gasteiger partial charge in [-0.25, -0.2) is 14.4 Å². The number of carbonyl (C=O) groups is 3. The molecule has 130 valence electrons. The molecule has 1 atom stereocenters. The molecule has 1 aliphatic heterocycles. The highest BCUT2D eigenvalue weighted by atomic mass is 16.5. The minimum absolute atomic E-state index is 0.0839. The van der Waals surface area contributed by atoms with Crippen LogP contribution in [0.2, 0.25) is 0 Å². The summed E-state index contributed by atoms with van der Waals surface area (Å²) in [5.74, 6) is -1.15. The molecule has 0 aromatic carbocycles. The van der Waals surface area contributed by atoms with E-state index < -0.39 is 24.0 Å². The van der Waals surface area contributed by atoms with Crippen molar-refractivity contribution in [2.45, 2.75) is 33.2 Å². The van der Waals surface area contributed by atoms with Gasteiger partial charge >= 0.3 is 18.0 Å². The van der Waals surface area contributed by atoms with E-state index in [1.54, 1.807) is 19.9 Å². The van der Waals surface area contributed by atoms with E-state index in [-0.39, 0.29) is 30.2 Å². The molecule has 2 N–H and O–H groups in total. The van der Waals surface area contributed by atoms with Crippen molar-refractivity contribution >= 4 is 18.0 Å². The van der Waals surface area contributed by atoms with Crippen LogP contribution < -0.4 is 10.6 Å². The van der Waals surface area contributed by atoms with Gasteiger partial charge in [-0.3, -0.25) is 0 Å². The summed E-state index contributed by atoms with van der Waals surface area (Å²) in [6.07, 6.45) is 1.88. The van der Waals surface area contributed by atoms with Crippen molar-refractivity contribution in [3.8, 4) is 0 Å². The largest absolute Gasteiger partial charge is 0.463 e. The number of hydrogen-bond acceptors (Lipinski definition) is 6. The molecule has 2 amide bonds. The van der Waals surface area contributed by atoms with E-state index in [0.29, 0.717) is 12.0 Å². The zero-order chi connectivity index (χ0) is 17.7. The first-order valence-electron chi connectivity index (χ1n) is 7.66.